The van der Waals surface area contributed by atoms with Crippen LogP contribution in [0, 0.1) is 15.9 Å². The Morgan fingerprint density at radius 3 is 2.88 bits per heavy atom. The second kappa shape index (κ2) is 7.16. The molecule has 1 aromatic rings. The lowest BCUT2D eigenvalue weighted by Gasteiger charge is -2.17. The third-order valence-corrected chi connectivity index (χ3v) is 3.88. The molecule has 0 aliphatic heterocycles. The van der Waals surface area contributed by atoms with Gasteiger partial charge >= 0.3 is 0 Å². The first-order chi connectivity index (χ1) is 7.69. The Kier molecular flexibility index (Phi) is 6.18. The summed E-state index contributed by atoms with van der Waals surface area (Å²) in [5.74, 6) is 2.70. The Morgan fingerprint density at radius 1 is 1.56 bits per heavy atom. The van der Waals surface area contributed by atoms with E-state index >= 15 is 0 Å². The summed E-state index contributed by atoms with van der Waals surface area (Å²) in [7, 11) is 0. The van der Waals surface area contributed by atoms with E-state index in [1.165, 1.54) is 0 Å². The molecule has 0 aromatic heterocycles. The first-order valence-electron chi connectivity index (χ1n) is 5.30. The van der Waals surface area contributed by atoms with Crippen LogP contribution in [0.15, 0.2) is 18.2 Å². The molecule has 3 heteroatoms. The number of terminal acetylenes is 1. The van der Waals surface area contributed by atoms with Crippen LogP contribution in [0.4, 0.5) is 0 Å². The molecule has 1 rings (SSSR count). The predicted octanol–water partition coefficient (Wildman–Crippen LogP) is 4.01. The van der Waals surface area contributed by atoms with E-state index in [4.69, 9.17) is 18.0 Å². The highest BCUT2D eigenvalue weighted by Gasteiger charge is 2.10. The number of benzene rings is 1. The second-order valence-electron chi connectivity index (χ2n) is 3.59. The Balaban J connectivity index is 2.84. The van der Waals surface area contributed by atoms with E-state index in [2.05, 4.69) is 46.8 Å². The molecule has 0 aliphatic carbocycles. The van der Waals surface area contributed by atoms with E-state index in [9.17, 15) is 0 Å². The van der Waals surface area contributed by atoms with Crippen molar-refractivity contribution in [2.75, 3.05) is 6.54 Å². The molecule has 1 atom stereocenters. The second-order valence-corrected chi connectivity index (χ2v) is 5.16. The maximum absolute atomic E-state index is 6.11. The summed E-state index contributed by atoms with van der Waals surface area (Å²) in [6.45, 7) is 3.11. The smallest absolute Gasteiger partial charge is 0.0542 e. The summed E-state index contributed by atoms with van der Waals surface area (Å²) in [6.07, 6.45) is 7.17. The van der Waals surface area contributed by atoms with Crippen molar-refractivity contribution in [3.63, 3.8) is 0 Å². The minimum atomic E-state index is 0.208. The molecule has 16 heavy (non-hydrogen) atoms. The van der Waals surface area contributed by atoms with Crippen LogP contribution in [-0.4, -0.2) is 6.54 Å². The lowest BCUT2D eigenvalue weighted by atomic mass is 10.0. The average molecular weight is 348 g/mol. The van der Waals surface area contributed by atoms with E-state index in [-0.39, 0.29) is 6.04 Å². The molecule has 0 aliphatic rings. The van der Waals surface area contributed by atoms with Gasteiger partial charge in [0.2, 0.25) is 0 Å². The van der Waals surface area contributed by atoms with Crippen LogP contribution < -0.4 is 5.32 Å². The van der Waals surface area contributed by atoms with Crippen molar-refractivity contribution in [1.29, 1.82) is 0 Å². The van der Waals surface area contributed by atoms with Crippen LogP contribution in [0.25, 0.3) is 0 Å². The third-order valence-electron chi connectivity index (χ3n) is 2.31. The van der Waals surface area contributed by atoms with Crippen molar-refractivity contribution in [3.8, 4) is 12.3 Å². The van der Waals surface area contributed by atoms with Gasteiger partial charge in [-0.15, -0.1) is 12.3 Å². The molecule has 0 spiro atoms. The van der Waals surface area contributed by atoms with E-state index in [1.807, 2.05) is 12.1 Å². The van der Waals surface area contributed by atoms with Gasteiger partial charge in [0.1, 0.15) is 0 Å². The summed E-state index contributed by atoms with van der Waals surface area (Å²) < 4.78 is 1.07. The van der Waals surface area contributed by atoms with Crippen LogP contribution >= 0.6 is 34.2 Å². The van der Waals surface area contributed by atoms with Gasteiger partial charge in [0.15, 0.2) is 0 Å². The quantitative estimate of drug-likeness (QED) is 0.627. The summed E-state index contributed by atoms with van der Waals surface area (Å²) in [6, 6.07) is 6.31. The SMILES string of the molecule is C#CCC(NCCC)c1ccc(I)c(Cl)c1. The molecule has 0 heterocycles. The number of nitrogens with one attached hydrogen (secondary N) is 1. The van der Waals surface area contributed by atoms with Crippen molar-refractivity contribution in [2.24, 2.45) is 0 Å². The molecule has 1 N–H and O–H groups in total. The first-order valence-corrected chi connectivity index (χ1v) is 6.76. The zero-order chi connectivity index (χ0) is 12.0. The standard InChI is InChI=1S/C13H15ClIN/c1-3-5-13(16-8-4-2)10-6-7-12(15)11(14)9-10/h1,6-7,9,13,16H,4-5,8H2,2H3. The van der Waals surface area contributed by atoms with Crippen LogP contribution in [0.5, 0.6) is 0 Å². The van der Waals surface area contributed by atoms with Gasteiger partial charge in [0, 0.05) is 16.0 Å². The number of hydrogen-bond donors (Lipinski definition) is 1. The van der Waals surface area contributed by atoms with Gasteiger partial charge in [0.25, 0.3) is 0 Å². The topological polar surface area (TPSA) is 12.0 Å². The molecular formula is C13H15ClIN. The molecule has 86 valence electrons. The highest BCUT2D eigenvalue weighted by Crippen LogP contribution is 2.24. The molecule has 1 unspecified atom stereocenters. The normalized spacial score (nSPS) is 12.1. The van der Waals surface area contributed by atoms with Gasteiger partial charge in [0.05, 0.1) is 5.02 Å². The lowest BCUT2D eigenvalue weighted by Crippen LogP contribution is -2.21. The van der Waals surface area contributed by atoms with E-state index < -0.39 is 0 Å². The Labute approximate surface area is 116 Å². The van der Waals surface area contributed by atoms with E-state index in [1.54, 1.807) is 0 Å². The maximum Gasteiger partial charge on any atom is 0.0542 e. The van der Waals surface area contributed by atoms with Gasteiger partial charge in [-0.2, -0.15) is 0 Å². The molecule has 0 fully saturated rings. The van der Waals surface area contributed by atoms with Crippen molar-refractivity contribution in [2.45, 2.75) is 25.8 Å². The fourth-order valence-electron chi connectivity index (χ4n) is 1.47. The average Bonchev–Trinajstić information content (AvgIpc) is 2.28. The molecule has 1 nitrogen and oxygen atoms in total. The third kappa shape index (κ3) is 3.97. The van der Waals surface area contributed by atoms with Gasteiger partial charge in [-0.1, -0.05) is 24.6 Å². The molecule has 0 radical (unpaired) electrons. The highest BCUT2D eigenvalue weighted by atomic mass is 127. The van der Waals surface area contributed by atoms with Crippen molar-refractivity contribution in [3.05, 3.63) is 32.4 Å². The Bertz CT molecular complexity index is 384. The van der Waals surface area contributed by atoms with Crippen molar-refractivity contribution < 1.29 is 0 Å². The van der Waals surface area contributed by atoms with Gasteiger partial charge in [-0.05, 0) is 53.3 Å². The fraction of sp³-hybridized carbons (Fsp3) is 0.385. The number of hydrogen-bond acceptors (Lipinski definition) is 1. The maximum atomic E-state index is 6.11. The number of rotatable bonds is 5. The van der Waals surface area contributed by atoms with Crippen molar-refractivity contribution >= 4 is 34.2 Å². The largest absolute Gasteiger partial charge is 0.309 e. The number of halogens is 2. The fourth-order valence-corrected chi connectivity index (χ4v) is 2.00. The van der Waals surface area contributed by atoms with Gasteiger partial charge in [-0.3, -0.25) is 0 Å². The van der Waals surface area contributed by atoms with Gasteiger partial charge < -0.3 is 5.32 Å². The van der Waals surface area contributed by atoms with Crippen molar-refractivity contribution in [1.82, 2.24) is 5.32 Å². The summed E-state index contributed by atoms with van der Waals surface area (Å²) >= 11 is 8.33. The predicted molar refractivity (Wildman–Crippen MR) is 78.7 cm³/mol. The zero-order valence-electron chi connectivity index (χ0n) is 9.26. The first kappa shape index (κ1) is 13.8. The zero-order valence-corrected chi connectivity index (χ0v) is 12.2. The molecular weight excluding hydrogens is 333 g/mol. The summed E-state index contributed by atoms with van der Waals surface area (Å²) in [5, 5.41) is 4.22. The van der Waals surface area contributed by atoms with Crippen LogP contribution in [-0.2, 0) is 0 Å². The van der Waals surface area contributed by atoms with Crippen LogP contribution in [0.1, 0.15) is 31.4 Å². The molecule has 1 aromatic carbocycles. The molecule has 0 amide bonds. The Hall–Kier alpha value is -0.240. The summed E-state index contributed by atoms with van der Waals surface area (Å²) in [5.41, 5.74) is 1.16. The Morgan fingerprint density at radius 2 is 2.31 bits per heavy atom. The molecule has 0 saturated heterocycles. The highest BCUT2D eigenvalue weighted by molar-refractivity contribution is 14.1. The minimum absolute atomic E-state index is 0.208. The van der Waals surface area contributed by atoms with E-state index in [0.29, 0.717) is 6.42 Å². The molecule has 0 saturated carbocycles. The van der Waals surface area contributed by atoms with E-state index in [0.717, 1.165) is 27.1 Å². The molecule has 0 bridgehead atoms. The lowest BCUT2D eigenvalue weighted by molar-refractivity contribution is 0.542. The monoisotopic (exact) mass is 347 g/mol. The van der Waals surface area contributed by atoms with Crippen LogP contribution in [0.3, 0.4) is 0 Å². The van der Waals surface area contributed by atoms with Crippen LogP contribution in [0.2, 0.25) is 5.02 Å². The minimum Gasteiger partial charge on any atom is -0.309 e. The van der Waals surface area contributed by atoms with Gasteiger partial charge in [-0.25, -0.2) is 0 Å². The summed E-state index contributed by atoms with van der Waals surface area (Å²) in [4.78, 5) is 0.